The molecular formula is C30H39F3N2O4. The van der Waals surface area contributed by atoms with Crippen LogP contribution in [0.2, 0.25) is 0 Å². The highest BCUT2D eigenvalue weighted by Gasteiger charge is 2.44. The largest absolute Gasteiger partial charge is 0.416 e. The number of aliphatic hydroxyl groups is 2. The summed E-state index contributed by atoms with van der Waals surface area (Å²) < 4.78 is 45.8. The Hall–Kier alpha value is -2.46. The number of benzene rings is 2. The molecule has 1 saturated carbocycles. The molecule has 1 aliphatic carbocycles. The fourth-order valence-electron chi connectivity index (χ4n) is 6.25. The molecule has 5 atom stereocenters. The van der Waals surface area contributed by atoms with Crippen molar-refractivity contribution in [1.29, 1.82) is 0 Å². The number of nitrogens with two attached hydrogens (primary N) is 1. The summed E-state index contributed by atoms with van der Waals surface area (Å²) in [6.45, 7) is 1.43. The summed E-state index contributed by atoms with van der Waals surface area (Å²) in [5.74, 6) is -0.717. The van der Waals surface area contributed by atoms with E-state index in [1.807, 2.05) is 0 Å². The smallest absolute Gasteiger partial charge is 0.391 e. The van der Waals surface area contributed by atoms with Gasteiger partial charge in [-0.25, -0.2) is 0 Å². The molecule has 0 bridgehead atoms. The van der Waals surface area contributed by atoms with Crippen LogP contribution in [-0.4, -0.2) is 60.0 Å². The lowest BCUT2D eigenvalue weighted by molar-refractivity contribution is -0.141. The lowest BCUT2D eigenvalue weighted by Gasteiger charge is -2.44. The third-order valence-corrected chi connectivity index (χ3v) is 8.39. The number of carbonyl (C=O) groups is 1. The molecule has 2 aromatic rings. The zero-order valence-electron chi connectivity index (χ0n) is 22.4. The van der Waals surface area contributed by atoms with Crippen LogP contribution in [0, 0.1) is 11.8 Å². The number of halogens is 3. The Morgan fingerprint density at radius 2 is 1.90 bits per heavy atom. The third-order valence-electron chi connectivity index (χ3n) is 8.39. The standard InChI is InChI=1S/C30H39F3N2O4/c1-39-15-5-4-13-29(38,23-10-7-14-35(19-23)28(37)21-17-26(34)27(36)18-21)25-12-3-2-11-24(25)20-8-6-9-22(16-20)30(31,32)33/h2-3,6,8-9,11-12,16,21,23,26-27,36,38H,4-5,7,10,13-15,17-19,34H2,1H3/t21-,23+,26+,27-,29-/m0/s1. The van der Waals surface area contributed by atoms with Crippen LogP contribution in [0.5, 0.6) is 0 Å². The first-order valence-electron chi connectivity index (χ1n) is 13.8. The highest BCUT2D eigenvalue weighted by atomic mass is 19.4. The Labute approximate surface area is 228 Å². The molecule has 2 aromatic carbocycles. The molecule has 1 saturated heterocycles. The Morgan fingerprint density at radius 3 is 2.59 bits per heavy atom. The number of methoxy groups -OCH3 is 1. The van der Waals surface area contributed by atoms with Crippen molar-refractivity contribution in [2.75, 3.05) is 26.8 Å². The van der Waals surface area contributed by atoms with Crippen molar-refractivity contribution in [3.05, 3.63) is 59.7 Å². The maximum Gasteiger partial charge on any atom is 0.416 e. The van der Waals surface area contributed by atoms with E-state index >= 15 is 0 Å². The average molecular weight is 549 g/mol. The predicted octanol–water partition coefficient (Wildman–Crippen LogP) is 4.71. The third kappa shape index (κ3) is 6.65. The minimum atomic E-state index is -4.48. The molecule has 1 heterocycles. The predicted molar refractivity (Wildman–Crippen MR) is 143 cm³/mol. The van der Waals surface area contributed by atoms with Crippen molar-refractivity contribution in [1.82, 2.24) is 4.90 Å². The van der Waals surface area contributed by atoms with Crippen LogP contribution in [0.4, 0.5) is 13.2 Å². The van der Waals surface area contributed by atoms with Gasteiger partial charge in [-0.05, 0) is 73.8 Å². The number of likely N-dealkylation sites (tertiary alicyclic amines) is 1. The van der Waals surface area contributed by atoms with E-state index in [9.17, 15) is 28.2 Å². The SMILES string of the molecule is COCCCC[C@@](O)(c1ccccc1-c1cccc(C(F)(F)F)c1)[C@@H]1CCCN(C(=O)[C@H]2C[C@@H](N)[C@@H](O)C2)C1. The molecule has 39 heavy (non-hydrogen) atoms. The number of ether oxygens (including phenoxy) is 1. The molecule has 0 radical (unpaired) electrons. The van der Waals surface area contributed by atoms with Crippen molar-refractivity contribution >= 4 is 5.91 Å². The summed E-state index contributed by atoms with van der Waals surface area (Å²) in [6.07, 6.45) is -1.29. The molecule has 2 fully saturated rings. The number of aliphatic hydroxyl groups excluding tert-OH is 1. The van der Waals surface area contributed by atoms with E-state index in [4.69, 9.17) is 10.5 Å². The minimum absolute atomic E-state index is 0.0559. The van der Waals surface area contributed by atoms with E-state index in [2.05, 4.69) is 0 Å². The van der Waals surface area contributed by atoms with E-state index in [0.717, 1.165) is 18.6 Å². The molecule has 9 heteroatoms. The lowest BCUT2D eigenvalue weighted by Crippen LogP contribution is -2.49. The van der Waals surface area contributed by atoms with Gasteiger partial charge in [-0.2, -0.15) is 13.2 Å². The Bertz CT molecular complexity index is 1120. The Morgan fingerprint density at radius 1 is 1.13 bits per heavy atom. The van der Waals surface area contributed by atoms with Gasteiger partial charge in [0.2, 0.25) is 5.91 Å². The molecule has 1 amide bonds. The summed E-state index contributed by atoms with van der Waals surface area (Å²) in [6, 6.07) is 11.8. The maximum atomic E-state index is 13.5. The van der Waals surface area contributed by atoms with Crippen molar-refractivity contribution in [3.8, 4) is 11.1 Å². The van der Waals surface area contributed by atoms with Crippen LogP contribution >= 0.6 is 0 Å². The monoisotopic (exact) mass is 548 g/mol. The number of rotatable bonds is 9. The first kappa shape index (κ1) is 29.5. The van der Waals surface area contributed by atoms with Crippen LogP contribution in [0.15, 0.2) is 48.5 Å². The van der Waals surface area contributed by atoms with E-state index in [1.165, 1.54) is 6.07 Å². The topological polar surface area (TPSA) is 96.0 Å². The highest BCUT2D eigenvalue weighted by Crippen LogP contribution is 2.44. The second kappa shape index (κ2) is 12.4. The molecule has 0 aromatic heterocycles. The van der Waals surface area contributed by atoms with E-state index in [0.29, 0.717) is 74.9 Å². The van der Waals surface area contributed by atoms with Crippen molar-refractivity contribution < 1.29 is 32.9 Å². The van der Waals surface area contributed by atoms with Gasteiger partial charge in [0.15, 0.2) is 0 Å². The lowest BCUT2D eigenvalue weighted by atomic mass is 9.72. The van der Waals surface area contributed by atoms with E-state index in [-0.39, 0.29) is 17.7 Å². The number of hydrogen-bond donors (Lipinski definition) is 3. The first-order chi connectivity index (χ1) is 18.5. The Kier molecular flexibility index (Phi) is 9.37. The number of unbranched alkanes of at least 4 members (excludes halogenated alkanes) is 1. The molecule has 214 valence electrons. The van der Waals surface area contributed by atoms with Crippen molar-refractivity contribution in [2.45, 2.75) is 68.9 Å². The second-order valence-electron chi connectivity index (χ2n) is 11.0. The molecule has 4 rings (SSSR count). The van der Waals surface area contributed by atoms with Gasteiger partial charge in [-0.1, -0.05) is 36.4 Å². The molecule has 4 N–H and O–H groups in total. The quantitative estimate of drug-likeness (QED) is 0.395. The average Bonchev–Trinajstić information content (AvgIpc) is 3.28. The van der Waals surface area contributed by atoms with E-state index in [1.54, 1.807) is 42.3 Å². The van der Waals surface area contributed by atoms with Gasteiger partial charge >= 0.3 is 6.18 Å². The summed E-state index contributed by atoms with van der Waals surface area (Å²) in [4.78, 5) is 15.1. The van der Waals surface area contributed by atoms with Crippen LogP contribution in [0.3, 0.4) is 0 Å². The van der Waals surface area contributed by atoms with Gasteiger partial charge in [-0.3, -0.25) is 4.79 Å². The summed E-state index contributed by atoms with van der Waals surface area (Å²) in [5, 5.41) is 22.5. The van der Waals surface area contributed by atoms with Crippen LogP contribution in [-0.2, 0) is 21.3 Å². The molecule has 0 unspecified atom stereocenters. The van der Waals surface area contributed by atoms with Crippen LogP contribution in [0.1, 0.15) is 56.1 Å². The zero-order chi connectivity index (χ0) is 28.2. The fourth-order valence-corrected chi connectivity index (χ4v) is 6.25. The molecular weight excluding hydrogens is 509 g/mol. The number of alkyl halides is 3. The number of nitrogens with zero attached hydrogens (tertiary/aromatic N) is 1. The van der Waals surface area contributed by atoms with E-state index < -0.39 is 29.5 Å². The van der Waals surface area contributed by atoms with Gasteiger partial charge in [0.1, 0.15) is 0 Å². The summed E-state index contributed by atoms with van der Waals surface area (Å²) >= 11 is 0. The van der Waals surface area contributed by atoms with Crippen LogP contribution < -0.4 is 5.73 Å². The van der Waals surface area contributed by atoms with Crippen molar-refractivity contribution in [3.63, 3.8) is 0 Å². The van der Waals surface area contributed by atoms with Gasteiger partial charge < -0.3 is 25.6 Å². The minimum Gasteiger partial charge on any atom is -0.391 e. The first-order valence-corrected chi connectivity index (χ1v) is 13.8. The van der Waals surface area contributed by atoms with Crippen LogP contribution in [0.25, 0.3) is 11.1 Å². The number of carbonyl (C=O) groups excluding carboxylic acids is 1. The highest BCUT2D eigenvalue weighted by molar-refractivity contribution is 5.79. The van der Waals surface area contributed by atoms with Crippen molar-refractivity contribution in [2.24, 2.45) is 17.6 Å². The fraction of sp³-hybridized carbons (Fsp3) is 0.567. The zero-order valence-corrected chi connectivity index (χ0v) is 22.4. The molecule has 0 spiro atoms. The molecule has 1 aliphatic heterocycles. The number of hydrogen-bond acceptors (Lipinski definition) is 5. The summed E-state index contributed by atoms with van der Waals surface area (Å²) in [5.41, 5.74) is 5.34. The maximum absolute atomic E-state index is 13.5. The summed E-state index contributed by atoms with van der Waals surface area (Å²) in [7, 11) is 1.62. The van der Waals surface area contributed by atoms with Gasteiger partial charge in [0.05, 0.1) is 17.3 Å². The van der Waals surface area contributed by atoms with Gasteiger partial charge in [0.25, 0.3) is 0 Å². The number of piperidine rings is 1. The normalized spacial score (nSPS) is 25.5. The Balaban J connectivity index is 1.67. The second-order valence-corrected chi connectivity index (χ2v) is 11.0. The van der Waals surface area contributed by atoms with Gasteiger partial charge in [0, 0.05) is 44.7 Å². The molecule has 2 aliphatic rings. The van der Waals surface area contributed by atoms with Gasteiger partial charge in [-0.15, -0.1) is 0 Å². The molecule has 6 nitrogen and oxygen atoms in total. The number of amides is 1.